The van der Waals surface area contributed by atoms with E-state index in [4.69, 9.17) is 9.84 Å². The van der Waals surface area contributed by atoms with Crippen LogP contribution in [-0.4, -0.2) is 97.5 Å². The molecule has 1 unspecified atom stereocenters. The third-order valence-electron chi connectivity index (χ3n) is 7.96. The first-order valence-electron chi connectivity index (χ1n) is 14.7. The number of nitrogens with zero attached hydrogens (tertiary/aromatic N) is 3. The smallest absolute Gasteiger partial charge is 0.418 e. The Labute approximate surface area is 266 Å². The number of carboxylic acid groups (broad SMARTS) is 1. The molecule has 0 saturated carbocycles. The van der Waals surface area contributed by atoms with Crippen LogP contribution in [0, 0.1) is 5.92 Å². The first kappa shape index (κ1) is 35.6. The van der Waals surface area contributed by atoms with Gasteiger partial charge in [0.05, 0.1) is 42.6 Å². The summed E-state index contributed by atoms with van der Waals surface area (Å²) in [5, 5.41) is 18.3. The van der Waals surface area contributed by atoms with Crippen molar-refractivity contribution in [2.75, 3.05) is 70.5 Å². The molecular weight excluding hydrogens is 640 g/mol. The van der Waals surface area contributed by atoms with Gasteiger partial charge in [0.2, 0.25) is 0 Å². The van der Waals surface area contributed by atoms with Crippen LogP contribution in [0.2, 0.25) is 0 Å². The van der Waals surface area contributed by atoms with Crippen LogP contribution >= 0.6 is 11.8 Å². The molecule has 2 aliphatic rings. The molecule has 2 heterocycles. The van der Waals surface area contributed by atoms with Crippen molar-refractivity contribution in [1.82, 2.24) is 9.80 Å². The van der Waals surface area contributed by atoms with Crippen molar-refractivity contribution in [3.05, 3.63) is 59.7 Å². The minimum atomic E-state index is -5.48. The lowest BCUT2D eigenvalue weighted by molar-refractivity contribution is -0.163. The molecule has 2 aliphatic heterocycles. The van der Waals surface area contributed by atoms with Crippen molar-refractivity contribution >= 4 is 34.9 Å². The minimum Gasteiger partial charge on any atom is -0.481 e. The van der Waals surface area contributed by atoms with E-state index in [1.54, 1.807) is 23.1 Å². The summed E-state index contributed by atoms with van der Waals surface area (Å²) in [6, 6.07) is 8.03. The predicted octanol–water partition coefficient (Wildman–Crippen LogP) is 5.34. The number of carboxylic acids is 1. The van der Waals surface area contributed by atoms with Crippen molar-refractivity contribution in [3.63, 3.8) is 0 Å². The van der Waals surface area contributed by atoms with Gasteiger partial charge in [0.25, 0.3) is 5.91 Å². The summed E-state index contributed by atoms with van der Waals surface area (Å²) in [6.07, 6.45) is -9.95. The van der Waals surface area contributed by atoms with E-state index in [2.05, 4.69) is 6.58 Å². The van der Waals surface area contributed by atoms with E-state index in [0.29, 0.717) is 63.1 Å². The van der Waals surface area contributed by atoms with Gasteiger partial charge >= 0.3 is 18.3 Å². The van der Waals surface area contributed by atoms with Gasteiger partial charge in [0.1, 0.15) is 0 Å². The topological polar surface area (TPSA) is 93.6 Å². The highest BCUT2D eigenvalue weighted by Crippen LogP contribution is 2.50. The number of rotatable bonds is 11. The number of halogens is 6. The molecule has 1 amide bonds. The van der Waals surface area contributed by atoms with Crippen molar-refractivity contribution in [2.24, 2.45) is 5.92 Å². The van der Waals surface area contributed by atoms with Crippen LogP contribution in [0.1, 0.15) is 29.5 Å². The molecule has 8 nitrogen and oxygen atoms in total. The van der Waals surface area contributed by atoms with Crippen molar-refractivity contribution < 1.29 is 50.9 Å². The fourth-order valence-electron chi connectivity index (χ4n) is 5.66. The summed E-state index contributed by atoms with van der Waals surface area (Å²) in [6.45, 7) is 5.99. The summed E-state index contributed by atoms with van der Waals surface area (Å²) in [4.78, 5) is 29.3. The number of hydrogen-bond donors (Lipinski definition) is 2. The quantitative estimate of drug-likeness (QED) is 0.187. The molecule has 2 N–H and O–H groups in total. The number of anilines is 1. The Kier molecular flexibility index (Phi) is 11.7. The summed E-state index contributed by atoms with van der Waals surface area (Å²) in [7, 11) is 0. The second kappa shape index (κ2) is 15.1. The zero-order valence-corrected chi connectivity index (χ0v) is 25.7. The van der Waals surface area contributed by atoms with Crippen molar-refractivity contribution in [1.29, 1.82) is 0 Å². The zero-order valence-electron chi connectivity index (χ0n) is 24.9. The maximum atomic E-state index is 14.6. The van der Waals surface area contributed by atoms with Gasteiger partial charge in [-0.15, -0.1) is 0 Å². The molecule has 0 spiro atoms. The maximum Gasteiger partial charge on any atom is 0.418 e. The number of amides is 1. The number of benzene rings is 2. The summed E-state index contributed by atoms with van der Waals surface area (Å²) < 4.78 is 92.7. The number of para-hydroxylation sites is 1. The molecule has 0 bridgehead atoms. The van der Waals surface area contributed by atoms with Crippen molar-refractivity contribution in [2.45, 2.75) is 35.0 Å². The van der Waals surface area contributed by atoms with E-state index in [9.17, 15) is 41.0 Å². The molecule has 15 heteroatoms. The lowest BCUT2D eigenvalue weighted by Gasteiger charge is -2.35. The number of piperazine rings is 1. The number of aliphatic hydroxyl groups is 1. The molecule has 4 rings (SSSR count). The molecule has 252 valence electrons. The molecule has 2 fully saturated rings. The summed E-state index contributed by atoms with van der Waals surface area (Å²) >= 11 is 0.504. The molecule has 0 aromatic heterocycles. The van der Waals surface area contributed by atoms with Crippen LogP contribution < -0.4 is 4.90 Å². The van der Waals surface area contributed by atoms with Gasteiger partial charge in [-0.3, -0.25) is 14.5 Å². The molecule has 1 atom stereocenters. The first-order valence-corrected chi connectivity index (χ1v) is 15.5. The molecule has 2 aromatic carbocycles. The molecular formula is C31H35F6N3O5S. The average molecular weight is 676 g/mol. The van der Waals surface area contributed by atoms with E-state index in [1.807, 2.05) is 4.90 Å². The Morgan fingerprint density at radius 3 is 2.22 bits per heavy atom. The largest absolute Gasteiger partial charge is 0.481 e. The highest BCUT2D eigenvalue weighted by atomic mass is 32.2. The predicted molar refractivity (Wildman–Crippen MR) is 160 cm³/mol. The normalized spacial score (nSPS) is 18.1. The van der Waals surface area contributed by atoms with E-state index < -0.39 is 57.3 Å². The monoisotopic (exact) mass is 675 g/mol. The average Bonchev–Trinajstić information content (AvgIpc) is 3.02. The fraction of sp³-hybridized carbons (Fsp3) is 0.484. The number of aliphatic hydroxyl groups excluding tert-OH is 1. The standard InChI is InChI=1S/C31H35F6N3O5S/c1-20(28(42)39-13-11-38(12-14-39)15-17-45-18-16-41)22-8-9-25(27(31(35,36)37)26(22)30(32,33)34)46-24-7-3-2-6-23(24)40-10-4-5-21(19-40)29(43)44/h2-3,6-9,21,41H,1,4-5,10-19H2,(H,43,44). The number of piperidine rings is 1. The van der Waals surface area contributed by atoms with E-state index in [1.165, 1.54) is 11.0 Å². The van der Waals surface area contributed by atoms with Gasteiger partial charge in [0.15, 0.2) is 0 Å². The Balaban J connectivity index is 1.64. The third kappa shape index (κ3) is 8.55. The van der Waals surface area contributed by atoms with Crippen LogP contribution in [0.5, 0.6) is 0 Å². The summed E-state index contributed by atoms with van der Waals surface area (Å²) in [5.41, 5.74) is -5.11. The van der Waals surface area contributed by atoms with E-state index >= 15 is 0 Å². The lowest BCUT2D eigenvalue weighted by atomic mass is 9.94. The van der Waals surface area contributed by atoms with Crippen LogP contribution in [0.4, 0.5) is 32.0 Å². The Bertz CT molecular complexity index is 1410. The summed E-state index contributed by atoms with van der Waals surface area (Å²) in [5.74, 6) is -2.58. The Hall–Kier alpha value is -3.27. The Morgan fingerprint density at radius 2 is 1.59 bits per heavy atom. The molecule has 0 aliphatic carbocycles. The Morgan fingerprint density at radius 1 is 0.913 bits per heavy atom. The van der Waals surface area contributed by atoms with Crippen LogP contribution in [0.15, 0.2) is 52.8 Å². The molecule has 0 radical (unpaired) electrons. The first-order chi connectivity index (χ1) is 21.7. The van der Waals surface area contributed by atoms with Gasteiger partial charge in [-0.05, 0) is 36.6 Å². The number of alkyl halides is 6. The third-order valence-corrected chi connectivity index (χ3v) is 9.09. The maximum absolute atomic E-state index is 14.6. The highest BCUT2D eigenvalue weighted by Gasteiger charge is 2.48. The van der Waals surface area contributed by atoms with Crippen LogP contribution in [-0.2, 0) is 26.7 Å². The second-order valence-electron chi connectivity index (χ2n) is 11.0. The minimum absolute atomic E-state index is 0.111. The van der Waals surface area contributed by atoms with Crippen LogP contribution in [0.3, 0.4) is 0 Å². The molecule has 2 aromatic rings. The SMILES string of the molecule is C=C(C(=O)N1CCN(CCOCCO)CC1)c1ccc(Sc2ccccc2N2CCCC(C(=O)O)C2)c(C(F)(F)F)c1C(F)(F)F. The number of aliphatic carboxylic acids is 1. The number of hydrogen-bond acceptors (Lipinski definition) is 7. The fourth-order valence-corrected chi connectivity index (χ4v) is 6.80. The second-order valence-corrected chi connectivity index (χ2v) is 12.1. The molecule has 2 saturated heterocycles. The van der Waals surface area contributed by atoms with Gasteiger partial charge in [-0.1, -0.05) is 36.5 Å². The van der Waals surface area contributed by atoms with Gasteiger partial charge in [0, 0.05) is 61.2 Å². The number of carbonyl (C=O) groups is 2. The van der Waals surface area contributed by atoms with Crippen molar-refractivity contribution in [3.8, 4) is 0 Å². The van der Waals surface area contributed by atoms with Gasteiger partial charge < -0.3 is 24.7 Å². The lowest BCUT2D eigenvalue weighted by Crippen LogP contribution is -2.49. The number of carbonyl (C=O) groups excluding carboxylic acids is 1. The number of ether oxygens (including phenoxy) is 1. The highest BCUT2D eigenvalue weighted by molar-refractivity contribution is 7.99. The van der Waals surface area contributed by atoms with Gasteiger partial charge in [-0.25, -0.2) is 0 Å². The van der Waals surface area contributed by atoms with E-state index in [-0.39, 0.29) is 37.7 Å². The van der Waals surface area contributed by atoms with Gasteiger partial charge in [-0.2, -0.15) is 26.3 Å². The zero-order chi connectivity index (χ0) is 33.6. The van der Waals surface area contributed by atoms with Crippen LogP contribution in [0.25, 0.3) is 5.57 Å². The molecule has 46 heavy (non-hydrogen) atoms. The van der Waals surface area contributed by atoms with E-state index in [0.717, 1.165) is 12.1 Å².